The molecular weight excluding hydrogens is 423 g/mol. The summed E-state index contributed by atoms with van der Waals surface area (Å²) in [5.74, 6) is -1.08. The average Bonchev–Trinajstić information content (AvgIpc) is 2.69. The Kier molecular flexibility index (Phi) is 6.87. The van der Waals surface area contributed by atoms with Crippen molar-refractivity contribution in [2.24, 2.45) is 0 Å². The van der Waals surface area contributed by atoms with Gasteiger partial charge in [0.2, 0.25) is 0 Å². The van der Waals surface area contributed by atoms with Crippen LogP contribution >= 0.6 is 23.8 Å². The number of rotatable bonds is 5. The molecule has 5 nitrogen and oxygen atoms in total. The van der Waals surface area contributed by atoms with Crippen LogP contribution in [0.25, 0.3) is 0 Å². The number of benzene rings is 3. The Hall–Kier alpha value is -3.16. The Balaban J connectivity index is 1.59. The van der Waals surface area contributed by atoms with Gasteiger partial charge in [-0.25, -0.2) is 4.39 Å². The maximum Gasteiger partial charge on any atom is 0.258 e. The summed E-state index contributed by atoms with van der Waals surface area (Å²) in [6, 6.07) is 18.3. The number of amides is 1. The lowest BCUT2D eigenvalue weighted by atomic mass is 10.2. The SMILES string of the molecule is CN(C)c1ccc(NC(=S)Nc2ccc(NC(=O)c3ccccc3F)cc2)cc1Cl. The van der Waals surface area contributed by atoms with Crippen molar-refractivity contribution in [2.75, 3.05) is 34.9 Å². The average molecular weight is 443 g/mol. The fourth-order valence-electron chi connectivity index (χ4n) is 2.72. The van der Waals surface area contributed by atoms with E-state index in [0.29, 0.717) is 15.8 Å². The zero-order valence-electron chi connectivity index (χ0n) is 16.4. The summed E-state index contributed by atoms with van der Waals surface area (Å²) in [5, 5.41) is 9.82. The molecule has 0 heterocycles. The van der Waals surface area contributed by atoms with E-state index in [1.807, 2.05) is 31.1 Å². The third-order valence-electron chi connectivity index (χ3n) is 4.21. The monoisotopic (exact) mass is 442 g/mol. The molecule has 3 aromatic rings. The molecule has 3 N–H and O–H groups in total. The van der Waals surface area contributed by atoms with Crippen molar-refractivity contribution >= 4 is 57.6 Å². The highest BCUT2D eigenvalue weighted by Gasteiger charge is 2.11. The smallest absolute Gasteiger partial charge is 0.258 e. The van der Waals surface area contributed by atoms with Crippen LogP contribution in [-0.4, -0.2) is 25.1 Å². The van der Waals surface area contributed by atoms with E-state index in [9.17, 15) is 9.18 Å². The van der Waals surface area contributed by atoms with Crippen LogP contribution < -0.4 is 20.9 Å². The summed E-state index contributed by atoms with van der Waals surface area (Å²) in [7, 11) is 3.84. The quantitative estimate of drug-likeness (QED) is 0.448. The minimum absolute atomic E-state index is 0.0102. The van der Waals surface area contributed by atoms with Crippen molar-refractivity contribution in [3.05, 3.63) is 83.1 Å². The van der Waals surface area contributed by atoms with E-state index in [1.54, 1.807) is 36.4 Å². The number of halogens is 2. The highest BCUT2D eigenvalue weighted by molar-refractivity contribution is 7.80. The van der Waals surface area contributed by atoms with Gasteiger partial charge in [-0.15, -0.1) is 0 Å². The van der Waals surface area contributed by atoms with Crippen LogP contribution in [0.2, 0.25) is 5.02 Å². The molecule has 8 heteroatoms. The van der Waals surface area contributed by atoms with Crippen molar-refractivity contribution < 1.29 is 9.18 Å². The molecule has 0 aliphatic carbocycles. The van der Waals surface area contributed by atoms with Gasteiger partial charge >= 0.3 is 0 Å². The van der Waals surface area contributed by atoms with Gasteiger partial charge < -0.3 is 20.9 Å². The summed E-state index contributed by atoms with van der Waals surface area (Å²) in [5.41, 5.74) is 2.93. The van der Waals surface area contributed by atoms with Crippen molar-refractivity contribution in [2.45, 2.75) is 0 Å². The fourth-order valence-corrected chi connectivity index (χ4v) is 3.31. The maximum atomic E-state index is 13.7. The van der Waals surface area contributed by atoms with Gasteiger partial charge in [-0.05, 0) is 66.8 Å². The number of thiocarbonyl (C=S) groups is 1. The van der Waals surface area contributed by atoms with E-state index in [2.05, 4.69) is 16.0 Å². The van der Waals surface area contributed by atoms with E-state index in [-0.39, 0.29) is 5.56 Å². The number of anilines is 4. The maximum absolute atomic E-state index is 13.7. The highest BCUT2D eigenvalue weighted by Crippen LogP contribution is 2.27. The van der Waals surface area contributed by atoms with Gasteiger partial charge in [-0.3, -0.25) is 4.79 Å². The van der Waals surface area contributed by atoms with E-state index in [1.165, 1.54) is 18.2 Å². The molecule has 0 radical (unpaired) electrons. The third kappa shape index (κ3) is 5.46. The van der Waals surface area contributed by atoms with Crippen molar-refractivity contribution in [3.8, 4) is 0 Å². The van der Waals surface area contributed by atoms with Crippen LogP contribution in [-0.2, 0) is 0 Å². The first kappa shape index (κ1) is 21.5. The molecule has 1 amide bonds. The highest BCUT2D eigenvalue weighted by atomic mass is 35.5. The number of nitrogens with zero attached hydrogens (tertiary/aromatic N) is 1. The zero-order valence-corrected chi connectivity index (χ0v) is 17.9. The number of carbonyl (C=O) groups is 1. The molecule has 0 bridgehead atoms. The minimum atomic E-state index is -0.566. The topological polar surface area (TPSA) is 56.4 Å². The molecule has 0 fully saturated rings. The van der Waals surface area contributed by atoms with Gasteiger partial charge in [0.25, 0.3) is 5.91 Å². The summed E-state index contributed by atoms with van der Waals surface area (Å²) in [6.45, 7) is 0. The lowest BCUT2D eigenvalue weighted by molar-refractivity contribution is 0.102. The Morgan fingerprint density at radius 1 is 0.900 bits per heavy atom. The first-order chi connectivity index (χ1) is 14.3. The summed E-state index contributed by atoms with van der Waals surface area (Å²) >= 11 is 11.6. The molecule has 0 aromatic heterocycles. The van der Waals surface area contributed by atoms with Gasteiger partial charge in [-0.1, -0.05) is 23.7 Å². The van der Waals surface area contributed by atoms with E-state index in [4.69, 9.17) is 23.8 Å². The van der Waals surface area contributed by atoms with Gasteiger partial charge in [0.1, 0.15) is 5.82 Å². The molecule has 154 valence electrons. The van der Waals surface area contributed by atoms with Gasteiger partial charge in [0.05, 0.1) is 16.3 Å². The minimum Gasteiger partial charge on any atom is -0.376 e. The summed E-state index contributed by atoms with van der Waals surface area (Å²) in [4.78, 5) is 14.1. The number of hydrogen-bond acceptors (Lipinski definition) is 3. The van der Waals surface area contributed by atoms with Crippen LogP contribution in [0.3, 0.4) is 0 Å². The molecule has 0 aliphatic heterocycles. The molecule has 0 saturated carbocycles. The second kappa shape index (κ2) is 9.56. The van der Waals surface area contributed by atoms with Crippen LogP contribution in [0.5, 0.6) is 0 Å². The molecule has 0 aliphatic rings. The first-order valence-corrected chi connectivity index (χ1v) is 9.83. The zero-order chi connectivity index (χ0) is 21.7. The van der Waals surface area contributed by atoms with Gasteiger partial charge in [-0.2, -0.15) is 0 Å². The van der Waals surface area contributed by atoms with Crippen LogP contribution in [0, 0.1) is 5.82 Å². The molecule has 0 unspecified atom stereocenters. The molecule has 3 aromatic carbocycles. The van der Waals surface area contributed by atoms with E-state index >= 15 is 0 Å². The molecule has 0 saturated heterocycles. The standard InChI is InChI=1S/C22H20ClFN4OS/c1-28(2)20-12-11-16(13-18(20)23)27-22(30)26-15-9-7-14(8-10-15)25-21(29)17-5-3-4-6-19(17)24/h3-13H,1-2H3,(H,25,29)(H2,26,27,30). The first-order valence-electron chi connectivity index (χ1n) is 9.04. The molecular formula is C22H20ClFN4OS. The number of hydrogen-bond donors (Lipinski definition) is 3. The third-order valence-corrected chi connectivity index (χ3v) is 4.71. The Morgan fingerprint density at radius 3 is 2.07 bits per heavy atom. The van der Waals surface area contributed by atoms with Crippen LogP contribution in [0.4, 0.5) is 27.1 Å². The van der Waals surface area contributed by atoms with Crippen LogP contribution in [0.1, 0.15) is 10.4 Å². The number of carbonyl (C=O) groups excluding carboxylic acids is 1. The number of nitrogens with one attached hydrogen (secondary N) is 3. The normalized spacial score (nSPS) is 10.3. The predicted molar refractivity (Wildman–Crippen MR) is 126 cm³/mol. The Bertz CT molecular complexity index is 1070. The van der Waals surface area contributed by atoms with E-state index in [0.717, 1.165) is 17.1 Å². The van der Waals surface area contributed by atoms with Gasteiger partial charge in [0, 0.05) is 31.2 Å². The fraction of sp³-hybridized carbons (Fsp3) is 0.0909. The summed E-state index contributed by atoms with van der Waals surface area (Å²) in [6.07, 6.45) is 0. The van der Waals surface area contributed by atoms with Crippen LogP contribution in [0.15, 0.2) is 66.7 Å². The Morgan fingerprint density at radius 2 is 1.47 bits per heavy atom. The molecule has 3 rings (SSSR count). The van der Waals surface area contributed by atoms with E-state index < -0.39 is 11.7 Å². The lowest BCUT2D eigenvalue weighted by Gasteiger charge is -2.16. The molecule has 30 heavy (non-hydrogen) atoms. The van der Waals surface area contributed by atoms with Crippen molar-refractivity contribution in [1.29, 1.82) is 0 Å². The Labute approximate surface area is 184 Å². The van der Waals surface area contributed by atoms with Crippen molar-refractivity contribution in [3.63, 3.8) is 0 Å². The second-order valence-electron chi connectivity index (χ2n) is 6.65. The van der Waals surface area contributed by atoms with Gasteiger partial charge in [0.15, 0.2) is 5.11 Å². The molecule has 0 spiro atoms. The largest absolute Gasteiger partial charge is 0.376 e. The molecule has 0 atom stereocenters. The van der Waals surface area contributed by atoms with Crippen molar-refractivity contribution in [1.82, 2.24) is 0 Å². The second-order valence-corrected chi connectivity index (χ2v) is 7.47. The lowest BCUT2D eigenvalue weighted by Crippen LogP contribution is -2.19. The summed E-state index contributed by atoms with van der Waals surface area (Å²) < 4.78 is 13.7. The predicted octanol–water partition coefficient (Wildman–Crippen LogP) is 5.61.